The number of carbonyl (C=O) groups excluding carboxylic acids is 2. The SMILES string of the molecule is COCCN(CC(=O)N1N=C(c2ccccc2Cl)C[C@@H]1c1ccccc1OC)C(=O)c1ccccc1Cl. The highest BCUT2D eigenvalue weighted by Crippen LogP contribution is 2.38. The van der Waals surface area contributed by atoms with E-state index in [4.69, 9.17) is 37.8 Å². The molecule has 0 bridgehead atoms. The zero-order valence-corrected chi connectivity index (χ0v) is 22.1. The molecule has 3 aromatic rings. The Labute approximate surface area is 226 Å². The van der Waals surface area contributed by atoms with Crippen molar-refractivity contribution in [2.45, 2.75) is 12.5 Å². The molecule has 0 unspecified atom stereocenters. The Balaban J connectivity index is 1.68. The fraction of sp³-hybridized carbons (Fsp3) is 0.250. The van der Waals surface area contributed by atoms with Crippen molar-refractivity contribution in [3.63, 3.8) is 0 Å². The van der Waals surface area contributed by atoms with Crippen LogP contribution in [0.15, 0.2) is 77.9 Å². The molecular formula is C28H27Cl2N3O4. The van der Waals surface area contributed by atoms with Crippen LogP contribution in [0, 0.1) is 0 Å². The van der Waals surface area contributed by atoms with Crippen LogP contribution >= 0.6 is 23.2 Å². The predicted octanol–water partition coefficient (Wildman–Crippen LogP) is 5.47. The molecule has 37 heavy (non-hydrogen) atoms. The van der Waals surface area contributed by atoms with Gasteiger partial charge in [0.15, 0.2) is 0 Å². The summed E-state index contributed by atoms with van der Waals surface area (Å²) < 4.78 is 10.8. The second-order valence-corrected chi connectivity index (χ2v) is 9.24. The second-order valence-electron chi connectivity index (χ2n) is 8.43. The van der Waals surface area contributed by atoms with Gasteiger partial charge >= 0.3 is 0 Å². The maximum atomic E-state index is 13.8. The fourth-order valence-electron chi connectivity index (χ4n) is 4.28. The Hall–Kier alpha value is -3.39. The summed E-state index contributed by atoms with van der Waals surface area (Å²) in [5, 5.41) is 6.99. The molecule has 192 valence electrons. The molecule has 0 saturated carbocycles. The molecule has 7 nitrogen and oxygen atoms in total. The van der Waals surface area contributed by atoms with Crippen LogP contribution in [-0.4, -0.2) is 61.4 Å². The largest absolute Gasteiger partial charge is 0.496 e. The third-order valence-corrected chi connectivity index (χ3v) is 6.79. The van der Waals surface area contributed by atoms with Gasteiger partial charge in [-0.25, -0.2) is 5.01 Å². The van der Waals surface area contributed by atoms with Crippen molar-refractivity contribution in [1.29, 1.82) is 0 Å². The number of rotatable bonds is 9. The second kappa shape index (κ2) is 12.2. The quantitative estimate of drug-likeness (QED) is 0.361. The number of hydrazone groups is 1. The number of carbonyl (C=O) groups is 2. The zero-order valence-electron chi connectivity index (χ0n) is 20.6. The van der Waals surface area contributed by atoms with E-state index in [1.807, 2.05) is 42.5 Å². The van der Waals surface area contributed by atoms with Crippen LogP contribution in [-0.2, 0) is 9.53 Å². The minimum absolute atomic E-state index is 0.209. The van der Waals surface area contributed by atoms with E-state index in [1.165, 1.54) is 9.91 Å². The van der Waals surface area contributed by atoms with Crippen LogP contribution in [0.25, 0.3) is 0 Å². The third kappa shape index (κ3) is 5.96. The van der Waals surface area contributed by atoms with Gasteiger partial charge in [0.05, 0.1) is 36.1 Å². The normalized spacial score (nSPS) is 14.9. The van der Waals surface area contributed by atoms with Gasteiger partial charge in [0.2, 0.25) is 0 Å². The van der Waals surface area contributed by atoms with Gasteiger partial charge in [0, 0.05) is 36.2 Å². The van der Waals surface area contributed by atoms with Crippen molar-refractivity contribution in [3.8, 4) is 5.75 Å². The average molecular weight is 540 g/mol. The van der Waals surface area contributed by atoms with Crippen molar-refractivity contribution in [2.24, 2.45) is 5.10 Å². The van der Waals surface area contributed by atoms with Crippen molar-refractivity contribution < 1.29 is 19.1 Å². The molecule has 1 heterocycles. The third-order valence-electron chi connectivity index (χ3n) is 6.13. The Morgan fingerprint density at radius 1 is 0.973 bits per heavy atom. The van der Waals surface area contributed by atoms with E-state index in [2.05, 4.69) is 0 Å². The molecule has 1 aliphatic rings. The van der Waals surface area contributed by atoms with Crippen LogP contribution < -0.4 is 4.74 Å². The van der Waals surface area contributed by atoms with Crippen molar-refractivity contribution >= 4 is 40.7 Å². The molecule has 3 aromatic carbocycles. The van der Waals surface area contributed by atoms with Crippen molar-refractivity contribution in [2.75, 3.05) is 33.9 Å². The highest BCUT2D eigenvalue weighted by atomic mass is 35.5. The maximum absolute atomic E-state index is 13.8. The summed E-state index contributed by atoms with van der Waals surface area (Å²) >= 11 is 12.7. The molecule has 0 radical (unpaired) electrons. The lowest BCUT2D eigenvalue weighted by Gasteiger charge is -2.27. The van der Waals surface area contributed by atoms with Gasteiger partial charge in [-0.05, 0) is 24.3 Å². The monoisotopic (exact) mass is 539 g/mol. The Morgan fingerprint density at radius 2 is 1.65 bits per heavy atom. The summed E-state index contributed by atoms with van der Waals surface area (Å²) in [5.74, 6) is -0.0712. The number of methoxy groups -OCH3 is 2. The first kappa shape index (κ1) is 26.7. The molecule has 0 aliphatic carbocycles. The molecule has 2 amide bonds. The van der Waals surface area contributed by atoms with Crippen LogP contribution in [0.1, 0.15) is 33.9 Å². The number of amides is 2. The topological polar surface area (TPSA) is 71.4 Å². The standard InChI is InChI=1S/C28H27Cl2N3O4/c1-36-16-15-32(28(35)20-10-4-7-13-23(20)30)18-27(34)33-25(21-11-5-8-14-26(21)37-2)17-24(31-33)19-9-3-6-12-22(19)29/h3-14,25H,15-18H2,1-2H3/t25-/m1/s1. The molecule has 1 atom stereocenters. The summed E-state index contributed by atoms with van der Waals surface area (Å²) in [6.45, 7) is 0.256. The highest BCUT2D eigenvalue weighted by Gasteiger charge is 2.36. The van der Waals surface area contributed by atoms with Gasteiger partial charge in [0.1, 0.15) is 12.3 Å². The number of benzene rings is 3. The van der Waals surface area contributed by atoms with E-state index in [9.17, 15) is 9.59 Å². The van der Waals surface area contributed by atoms with Crippen molar-refractivity contribution in [3.05, 3.63) is 99.5 Å². The predicted molar refractivity (Wildman–Crippen MR) is 144 cm³/mol. The average Bonchev–Trinajstić information content (AvgIpc) is 3.36. The number of para-hydroxylation sites is 1. The van der Waals surface area contributed by atoms with Crippen LogP contribution in [0.3, 0.4) is 0 Å². The molecule has 0 N–H and O–H groups in total. The Kier molecular flexibility index (Phi) is 8.82. The van der Waals surface area contributed by atoms with Gasteiger partial charge in [-0.3, -0.25) is 9.59 Å². The summed E-state index contributed by atoms with van der Waals surface area (Å²) in [6.07, 6.45) is 0.437. The molecular weight excluding hydrogens is 513 g/mol. The summed E-state index contributed by atoms with van der Waals surface area (Å²) in [5.41, 5.74) is 2.56. The van der Waals surface area contributed by atoms with E-state index < -0.39 is 6.04 Å². The molecule has 4 rings (SSSR count). The van der Waals surface area contributed by atoms with Crippen LogP contribution in [0.5, 0.6) is 5.75 Å². The van der Waals surface area contributed by atoms with Gasteiger partial charge in [-0.15, -0.1) is 0 Å². The number of nitrogens with zero attached hydrogens (tertiary/aromatic N) is 3. The molecule has 0 spiro atoms. The van der Waals surface area contributed by atoms with Gasteiger partial charge in [-0.1, -0.05) is 71.7 Å². The van der Waals surface area contributed by atoms with E-state index in [0.717, 1.165) is 11.1 Å². The van der Waals surface area contributed by atoms with E-state index >= 15 is 0 Å². The molecule has 0 fully saturated rings. The zero-order chi connectivity index (χ0) is 26.4. The van der Waals surface area contributed by atoms with Crippen LogP contribution in [0.4, 0.5) is 0 Å². The minimum Gasteiger partial charge on any atom is -0.496 e. The summed E-state index contributed by atoms with van der Waals surface area (Å²) in [4.78, 5) is 28.5. The van der Waals surface area contributed by atoms with Crippen LogP contribution in [0.2, 0.25) is 10.0 Å². The van der Waals surface area contributed by atoms with Crippen molar-refractivity contribution in [1.82, 2.24) is 9.91 Å². The Morgan fingerprint density at radius 3 is 2.35 bits per heavy atom. The Bertz CT molecular complexity index is 1310. The number of hydrogen-bond donors (Lipinski definition) is 0. The molecule has 9 heteroatoms. The molecule has 0 aromatic heterocycles. The fourth-order valence-corrected chi connectivity index (χ4v) is 4.74. The summed E-state index contributed by atoms with van der Waals surface area (Å²) in [6, 6.07) is 21.2. The maximum Gasteiger partial charge on any atom is 0.262 e. The lowest BCUT2D eigenvalue weighted by Crippen LogP contribution is -2.42. The van der Waals surface area contributed by atoms with E-state index in [0.29, 0.717) is 33.5 Å². The molecule has 1 aliphatic heterocycles. The van der Waals surface area contributed by atoms with E-state index in [1.54, 1.807) is 44.6 Å². The van der Waals surface area contributed by atoms with Gasteiger partial charge in [0.25, 0.3) is 11.8 Å². The smallest absolute Gasteiger partial charge is 0.262 e. The first-order chi connectivity index (χ1) is 17.9. The first-order valence-corrected chi connectivity index (χ1v) is 12.5. The first-order valence-electron chi connectivity index (χ1n) is 11.7. The lowest BCUT2D eigenvalue weighted by atomic mass is 9.97. The highest BCUT2D eigenvalue weighted by molar-refractivity contribution is 6.34. The molecule has 0 saturated heterocycles. The summed E-state index contributed by atoms with van der Waals surface area (Å²) in [7, 11) is 3.13. The minimum atomic E-state index is -0.436. The van der Waals surface area contributed by atoms with Gasteiger partial charge < -0.3 is 14.4 Å². The van der Waals surface area contributed by atoms with Gasteiger partial charge in [-0.2, -0.15) is 5.10 Å². The number of ether oxygens (including phenoxy) is 2. The lowest BCUT2D eigenvalue weighted by molar-refractivity contribution is -0.133. The number of hydrogen-bond acceptors (Lipinski definition) is 5. The number of halogens is 2. The van der Waals surface area contributed by atoms with E-state index in [-0.39, 0.29) is 31.5 Å².